The number of hydrogen-bond donors (Lipinski definition) is 3. The molecule has 0 spiro atoms. The third kappa shape index (κ3) is 43.7. The first kappa shape index (κ1) is 54.6. The minimum Gasteiger partial charge on any atom is -0.394 e. The molecule has 0 fully saturated rings. The summed E-state index contributed by atoms with van der Waals surface area (Å²) in [6.45, 7) is 4.36. The van der Waals surface area contributed by atoms with Crippen molar-refractivity contribution in [1.82, 2.24) is 5.32 Å². The Hall–Kier alpha value is -1.39. The van der Waals surface area contributed by atoms with Gasteiger partial charge in [-0.2, -0.15) is 0 Å². The van der Waals surface area contributed by atoms with E-state index in [1.807, 2.05) is 0 Å². The van der Waals surface area contributed by atoms with Crippen molar-refractivity contribution in [1.29, 1.82) is 0 Å². The Kier molecular flexibility index (Phi) is 46.8. The zero-order chi connectivity index (χ0) is 40.7. The number of carbonyl (C=O) groups excluding carboxylic acids is 1. The third-order valence-electron chi connectivity index (χ3n) is 11.7. The highest BCUT2D eigenvalue weighted by Crippen LogP contribution is 2.16. The van der Waals surface area contributed by atoms with Gasteiger partial charge in [0, 0.05) is 6.42 Å². The molecule has 0 bridgehead atoms. The predicted octanol–water partition coefficient (Wildman–Crippen LogP) is 16.1. The summed E-state index contributed by atoms with van der Waals surface area (Å²) >= 11 is 0. The first-order valence-corrected chi connectivity index (χ1v) is 25.2. The topological polar surface area (TPSA) is 69.6 Å². The van der Waals surface area contributed by atoms with Crippen LogP contribution in [0.5, 0.6) is 0 Å². The van der Waals surface area contributed by atoms with Crippen LogP contribution in [0.3, 0.4) is 0 Å². The number of hydrogen-bond acceptors (Lipinski definition) is 3. The van der Waals surface area contributed by atoms with Crippen LogP contribution in [0, 0.1) is 0 Å². The Balaban J connectivity index is 3.47. The third-order valence-corrected chi connectivity index (χ3v) is 11.7. The van der Waals surface area contributed by atoms with Gasteiger partial charge in [-0.25, -0.2) is 0 Å². The van der Waals surface area contributed by atoms with E-state index in [-0.39, 0.29) is 12.5 Å². The van der Waals surface area contributed by atoms with E-state index in [0.717, 1.165) is 38.5 Å². The molecule has 4 heteroatoms. The van der Waals surface area contributed by atoms with E-state index in [2.05, 4.69) is 55.6 Å². The second-order valence-corrected chi connectivity index (χ2v) is 17.2. The van der Waals surface area contributed by atoms with Gasteiger partial charge in [-0.1, -0.05) is 249 Å². The van der Waals surface area contributed by atoms with E-state index < -0.39 is 12.1 Å². The van der Waals surface area contributed by atoms with Crippen LogP contribution in [0.4, 0.5) is 0 Å². The van der Waals surface area contributed by atoms with Crippen LogP contribution in [0.1, 0.15) is 271 Å². The molecular formula is C52H99NO3. The van der Waals surface area contributed by atoms with E-state index in [0.29, 0.717) is 12.8 Å². The van der Waals surface area contributed by atoms with Gasteiger partial charge in [-0.15, -0.1) is 0 Å². The van der Waals surface area contributed by atoms with Crippen molar-refractivity contribution in [3.8, 4) is 0 Å². The Labute approximate surface area is 351 Å². The van der Waals surface area contributed by atoms with Crippen LogP contribution in [-0.4, -0.2) is 34.9 Å². The molecule has 0 aromatic carbocycles. The molecule has 0 aromatic heterocycles. The summed E-state index contributed by atoms with van der Waals surface area (Å²) in [7, 11) is 0. The molecule has 0 heterocycles. The number of unbranched alkanes of at least 4 members (excludes halogenated alkanes) is 33. The molecular weight excluding hydrogens is 687 g/mol. The molecule has 4 nitrogen and oxygen atoms in total. The normalized spacial score (nSPS) is 13.1. The standard InChI is InChI=1S/C52H99NO3/c1-3-5-7-9-11-13-15-17-19-20-21-22-23-24-25-26-27-28-29-30-31-32-34-36-38-40-42-44-46-48-52(56)53-50(49-54)51(55)47-45-43-41-39-37-35-33-18-16-14-12-10-8-6-4-2/h15,17,20-21,23-24,50-51,54-55H,3-14,16,18-19,22,25-49H2,1-2H3,(H,53,56)/b17-15-,21-20-,24-23-. The van der Waals surface area contributed by atoms with Crippen LogP contribution in [0.2, 0.25) is 0 Å². The molecule has 0 radical (unpaired) electrons. The zero-order valence-corrected chi connectivity index (χ0v) is 37.9. The van der Waals surface area contributed by atoms with Gasteiger partial charge in [-0.05, 0) is 51.4 Å². The quantitative estimate of drug-likeness (QED) is 0.0425. The number of nitrogens with one attached hydrogen (secondary N) is 1. The van der Waals surface area contributed by atoms with Gasteiger partial charge in [-0.3, -0.25) is 4.79 Å². The SMILES string of the molecule is CCCCCCC/C=C\C/C=C\C/C=C\CCCCCCCCCCCCCCCCC(=O)NC(CO)C(O)CCCCCCCCCCCCCCCCC. The Morgan fingerprint density at radius 1 is 0.429 bits per heavy atom. The lowest BCUT2D eigenvalue weighted by molar-refractivity contribution is -0.123. The molecule has 0 aromatic rings. The summed E-state index contributed by atoms with van der Waals surface area (Å²) in [4.78, 5) is 12.4. The van der Waals surface area contributed by atoms with Crippen molar-refractivity contribution in [3.05, 3.63) is 36.5 Å². The lowest BCUT2D eigenvalue weighted by Gasteiger charge is -2.22. The fourth-order valence-corrected chi connectivity index (χ4v) is 7.78. The summed E-state index contributed by atoms with van der Waals surface area (Å²) in [6, 6.07) is -0.535. The summed E-state index contributed by atoms with van der Waals surface area (Å²) in [5, 5.41) is 23.2. The van der Waals surface area contributed by atoms with Crippen LogP contribution in [0.25, 0.3) is 0 Å². The van der Waals surface area contributed by atoms with Crippen molar-refractivity contribution >= 4 is 5.91 Å². The molecule has 0 aliphatic rings. The molecule has 3 N–H and O–H groups in total. The molecule has 0 saturated heterocycles. The number of carbonyl (C=O) groups is 1. The van der Waals surface area contributed by atoms with Crippen molar-refractivity contribution in [2.45, 2.75) is 283 Å². The predicted molar refractivity (Wildman–Crippen MR) is 248 cm³/mol. The molecule has 0 aliphatic heterocycles. The number of aliphatic hydroxyl groups excluding tert-OH is 2. The number of aliphatic hydroxyl groups is 2. The maximum absolute atomic E-state index is 12.4. The summed E-state index contributed by atoms with van der Waals surface area (Å²) in [5.41, 5.74) is 0. The van der Waals surface area contributed by atoms with Crippen molar-refractivity contribution in [2.24, 2.45) is 0 Å². The second-order valence-electron chi connectivity index (χ2n) is 17.2. The average Bonchev–Trinajstić information content (AvgIpc) is 3.20. The molecule has 56 heavy (non-hydrogen) atoms. The lowest BCUT2D eigenvalue weighted by atomic mass is 10.0. The molecule has 0 saturated carbocycles. The van der Waals surface area contributed by atoms with Gasteiger partial charge in [0.15, 0.2) is 0 Å². The minimum atomic E-state index is -0.658. The maximum atomic E-state index is 12.4. The lowest BCUT2D eigenvalue weighted by Crippen LogP contribution is -2.45. The van der Waals surface area contributed by atoms with Crippen LogP contribution < -0.4 is 5.32 Å². The van der Waals surface area contributed by atoms with Crippen molar-refractivity contribution in [3.63, 3.8) is 0 Å². The van der Waals surface area contributed by atoms with Gasteiger partial charge in [0.2, 0.25) is 5.91 Å². The van der Waals surface area contributed by atoms with Gasteiger partial charge in [0.25, 0.3) is 0 Å². The van der Waals surface area contributed by atoms with Crippen LogP contribution in [0.15, 0.2) is 36.5 Å². The second kappa shape index (κ2) is 48.0. The Morgan fingerprint density at radius 2 is 0.732 bits per heavy atom. The van der Waals surface area contributed by atoms with Crippen LogP contribution in [-0.2, 0) is 4.79 Å². The maximum Gasteiger partial charge on any atom is 0.220 e. The first-order chi connectivity index (χ1) is 27.7. The molecule has 0 rings (SSSR count). The highest BCUT2D eigenvalue weighted by Gasteiger charge is 2.20. The molecule has 1 amide bonds. The highest BCUT2D eigenvalue weighted by atomic mass is 16.3. The smallest absolute Gasteiger partial charge is 0.220 e. The Bertz CT molecular complexity index is 851. The van der Waals surface area contributed by atoms with Gasteiger partial charge >= 0.3 is 0 Å². The molecule has 2 atom stereocenters. The van der Waals surface area contributed by atoms with Crippen molar-refractivity contribution in [2.75, 3.05) is 6.61 Å². The fourth-order valence-electron chi connectivity index (χ4n) is 7.78. The average molecular weight is 786 g/mol. The monoisotopic (exact) mass is 786 g/mol. The number of rotatable bonds is 46. The molecule has 2 unspecified atom stereocenters. The van der Waals surface area contributed by atoms with E-state index in [4.69, 9.17) is 0 Å². The largest absolute Gasteiger partial charge is 0.394 e. The van der Waals surface area contributed by atoms with E-state index in [1.54, 1.807) is 0 Å². The van der Waals surface area contributed by atoms with Gasteiger partial charge < -0.3 is 15.5 Å². The summed E-state index contributed by atoms with van der Waals surface area (Å²) in [6.07, 6.45) is 63.9. The van der Waals surface area contributed by atoms with E-state index >= 15 is 0 Å². The minimum absolute atomic E-state index is 0.0303. The van der Waals surface area contributed by atoms with Crippen molar-refractivity contribution < 1.29 is 15.0 Å². The highest BCUT2D eigenvalue weighted by molar-refractivity contribution is 5.76. The Morgan fingerprint density at radius 3 is 1.09 bits per heavy atom. The number of allylic oxidation sites excluding steroid dienone is 6. The molecule has 330 valence electrons. The summed E-state index contributed by atoms with van der Waals surface area (Å²) < 4.78 is 0. The molecule has 0 aliphatic carbocycles. The van der Waals surface area contributed by atoms with Gasteiger partial charge in [0.05, 0.1) is 18.8 Å². The zero-order valence-electron chi connectivity index (χ0n) is 37.9. The fraction of sp³-hybridized carbons (Fsp3) is 0.865. The van der Waals surface area contributed by atoms with Crippen LogP contribution >= 0.6 is 0 Å². The number of amides is 1. The first-order valence-electron chi connectivity index (χ1n) is 25.2. The van der Waals surface area contributed by atoms with E-state index in [9.17, 15) is 15.0 Å². The van der Waals surface area contributed by atoms with Gasteiger partial charge in [0.1, 0.15) is 0 Å². The van der Waals surface area contributed by atoms with E-state index in [1.165, 1.54) is 205 Å². The summed E-state index contributed by atoms with van der Waals surface area (Å²) in [5.74, 6) is -0.0303.